The summed E-state index contributed by atoms with van der Waals surface area (Å²) in [7, 11) is 0. The number of likely N-dealkylation sites (tertiary alicyclic amines) is 1. The molecule has 2 rings (SSSR count). The maximum atomic E-state index is 4.54. The first-order chi connectivity index (χ1) is 8.24. The van der Waals surface area contributed by atoms with E-state index < -0.39 is 0 Å². The summed E-state index contributed by atoms with van der Waals surface area (Å²) in [6, 6.07) is 5.54. The maximum absolute atomic E-state index is 4.54. The molecule has 0 radical (unpaired) electrons. The summed E-state index contributed by atoms with van der Waals surface area (Å²) in [5, 5.41) is 1.23. The van der Waals surface area contributed by atoms with Gasteiger partial charge in [-0.25, -0.2) is 4.98 Å². The van der Waals surface area contributed by atoms with Crippen LogP contribution in [0.15, 0.2) is 23.4 Å². The number of hydrogen-bond donors (Lipinski definition) is 0. The Hall–Kier alpha value is -0.540. The Kier molecular flexibility index (Phi) is 4.46. The molecule has 0 saturated carbocycles. The Bertz CT molecular complexity index is 365. The van der Waals surface area contributed by atoms with E-state index in [1.807, 2.05) is 18.0 Å². The van der Waals surface area contributed by atoms with Crippen LogP contribution in [0.5, 0.6) is 0 Å². The molecule has 0 amide bonds. The molecular weight excluding hydrogens is 228 g/mol. The van der Waals surface area contributed by atoms with Crippen LogP contribution in [0.4, 0.5) is 0 Å². The van der Waals surface area contributed by atoms with Gasteiger partial charge in [0.15, 0.2) is 0 Å². The Morgan fingerprint density at radius 2 is 2.35 bits per heavy atom. The molecule has 2 nitrogen and oxygen atoms in total. The molecule has 1 fully saturated rings. The van der Waals surface area contributed by atoms with Crippen LogP contribution in [-0.4, -0.2) is 28.2 Å². The van der Waals surface area contributed by atoms with Gasteiger partial charge >= 0.3 is 0 Å². The molecule has 1 aromatic heterocycles. The predicted octanol–water partition coefficient (Wildman–Crippen LogP) is 3.74. The lowest BCUT2D eigenvalue weighted by atomic mass is 10.1. The second-order valence-electron chi connectivity index (χ2n) is 4.82. The van der Waals surface area contributed by atoms with E-state index in [0.29, 0.717) is 12.1 Å². The van der Waals surface area contributed by atoms with E-state index in [4.69, 9.17) is 0 Å². The average molecular weight is 250 g/mol. The van der Waals surface area contributed by atoms with Crippen LogP contribution in [0.3, 0.4) is 0 Å². The first kappa shape index (κ1) is 12.9. The van der Waals surface area contributed by atoms with Gasteiger partial charge in [-0.1, -0.05) is 13.0 Å². The van der Waals surface area contributed by atoms with Gasteiger partial charge in [-0.2, -0.15) is 0 Å². The van der Waals surface area contributed by atoms with Crippen molar-refractivity contribution in [1.82, 2.24) is 9.88 Å². The SMILES string of the molecule is CCSc1ncccc1C1CCCN1C(C)C. The van der Waals surface area contributed by atoms with E-state index in [0.717, 1.165) is 5.75 Å². The van der Waals surface area contributed by atoms with Crippen molar-refractivity contribution in [1.29, 1.82) is 0 Å². The predicted molar refractivity (Wildman–Crippen MR) is 74.5 cm³/mol. The normalized spacial score (nSPS) is 21.3. The van der Waals surface area contributed by atoms with Crippen molar-refractivity contribution in [3.63, 3.8) is 0 Å². The number of aromatic nitrogens is 1. The average Bonchev–Trinajstić information content (AvgIpc) is 2.79. The molecule has 1 aromatic rings. The van der Waals surface area contributed by atoms with Gasteiger partial charge < -0.3 is 0 Å². The number of pyridine rings is 1. The van der Waals surface area contributed by atoms with Crippen molar-refractivity contribution in [3.05, 3.63) is 23.9 Å². The molecular formula is C14H22N2S. The molecule has 0 spiro atoms. The van der Waals surface area contributed by atoms with E-state index >= 15 is 0 Å². The summed E-state index contributed by atoms with van der Waals surface area (Å²) < 4.78 is 0. The van der Waals surface area contributed by atoms with Gasteiger partial charge in [-0.05, 0) is 45.1 Å². The highest BCUT2D eigenvalue weighted by atomic mass is 32.2. The van der Waals surface area contributed by atoms with Crippen LogP contribution in [0.25, 0.3) is 0 Å². The molecule has 94 valence electrons. The Labute approximate surface area is 109 Å². The zero-order valence-electron chi connectivity index (χ0n) is 11.0. The zero-order valence-corrected chi connectivity index (χ0v) is 11.8. The molecule has 0 bridgehead atoms. The smallest absolute Gasteiger partial charge is 0.101 e. The lowest BCUT2D eigenvalue weighted by Crippen LogP contribution is -2.30. The molecule has 2 heterocycles. The fourth-order valence-electron chi connectivity index (χ4n) is 2.66. The van der Waals surface area contributed by atoms with Crippen molar-refractivity contribution in [3.8, 4) is 0 Å². The highest BCUT2D eigenvalue weighted by Crippen LogP contribution is 2.37. The van der Waals surface area contributed by atoms with Crippen LogP contribution < -0.4 is 0 Å². The van der Waals surface area contributed by atoms with Crippen LogP contribution >= 0.6 is 11.8 Å². The lowest BCUT2D eigenvalue weighted by Gasteiger charge is -2.29. The summed E-state index contributed by atoms with van der Waals surface area (Å²) in [6.07, 6.45) is 4.51. The highest BCUT2D eigenvalue weighted by molar-refractivity contribution is 7.99. The fraction of sp³-hybridized carbons (Fsp3) is 0.643. The quantitative estimate of drug-likeness (QED) is 0.757. The van der Waals surface area contributed by atoms with Gasteiger partial charge in [0.25, 0.3) is 0 Å². The monoisotopic (exact) mass is 250 g/mol. The number of nitrogens with zero attached hydrogens (tertiary/aromatic N) is 2. The molecule has 0 N–H and O–H groups in total. The minimum Gasteiger partial charge on any atom is -0.294 e. The molecule has 3 heteroatoms. The highest BCUT2D eigenvalue weighted by Gasteiger charge is 2.29. The minimum atomic E-state index is 0.581. The summed E-state index contributed by atoms with van der Waals surface area (Å²) in [5.74, 6) is 1.10. The third kappa shape index (κ3) is 2.83. The lowest BCUT2D eigenvalue weighted by molar-refractivity contribution is 0.203. The van der Waals surface area contributed by atoms with E-state index in [1.165, 1.54) is 30.0 Å². The topological polar surface area (TPSA) is 16.1 Å². The van der Waals surface area contributed by atoms with Gasteiger partial charge in [0, 0.05) is 23.8 Å². The van der Waals surface area contributed by atoms with Gasteiger partial charge in [0.2, 0.25) is 0 Å². The number of rotatable bonds is 4. The Morgan fingerprint density at radius 1 is 1.53 bits per heavy atom. The van der Waals surface area contributed by atoms with Gasteiger partial charge in [-0.15, -0.1) is 11.8 Å². The molecule has 1 aliphatic heterocycles. The molecule has 0 aromatic carbocycles. The molecule has 0 aliphatic carbocycles. The molecule has 1 saturated heterocycles. The van der Waals surface area contributed by atoms with E-state index in [-0.39, 0.29) is 0 Å². The molecule has 1 aliphatic rings. The summed E-state index contributed by atoms with van der Waals surface area (Å²) >= 11 is 1.86. The van der Waals surface area contributed by atoms with Gasteiger partial charge in [-0.3, -0.25) is 4.90 Å². The first-order valence-corrected chi connectivity index (χ1v) is 7.56. The van der Waals surface area contributed by atoms with Crippen LogP contribution in [0, 0.1) is 0 Å². The summed E-state index contributed by atoms with van der Waals surface area (Å²) in [6.45, 7) is 8.01. The van der Waals surface area contributed by atoms with E-state index in [1.54, 1.807) is 0 Å². The van der Waals surface area contributed by atoms with Crippen molar-refractivity contribution in [2.45, 2.75) is 50.7 Å². The van der Waals surface area contributed by atoms with Gasteiger partial charge in [0.05, 0.1) is 0 Å². The van der Waals surface area contributed by atoms with E-state index in [2.05, 4.69) is 42.8 Å². The maximum Gasteiger partial charge on any atom is 0.101 e. The van der Waals surface area contributed by atoms with Gasteiger partial charge in [0.1, 0.15) is 5.03 Å². The molecule has 17 heavy (non-hydrogen) atoms. The number of hydrogen-bond acceptors (Lipinski definition) is 3. The van der Waals surface area contributed by atoms with Crippen molar-refractivity contribution < 1.29 is 0 Å². The second kappa shape index (κ2) is 5.87. The van der Waals surface area contributed by atoms with Crippen molar-refractivity contribution in [2.75, 3.05) is 12.3 Å². The van der Waals surface area contributed by atoms with Crippen LogP contribution in [-0.2, 0) is 0 Å². The third-order valence-corrected chi connectivity index (χ3v) is 4.30. The second-order valence-corrected chi connectivity index (χ2v) is 6.07. The van der Waals surface area contributed by atoms with E-state index in [9.17, 15) is 0 Å². The van der Waals surface area contributed by atoms with Crippen LogP contribution in [0.2, 0.25) is 0 Å². The molecule has 1 unspecified atom stereocenters. The molecule has 1 atom stereocenters. The standard InChI is InChI=1S/C14H22N2S/c1-4-17-14-12(7-5-9-15-14)13-8-6-10-16(13)11(2)3/h5,7,9,11,13H,4,6,8,10H2,1-3H3. The summed E-state index contributed by atoms with van der Waals surface area (Å²) in [5.41, 5.74) is 1.44. The fourth-order valence-corrected chi connectivity index (χ4v) is 3.43. The van der Waals surface area contributed by atoms with Crippen molar-refractivity contribution >= 4 is 11.8 Å². The zero-order chi connectivity index (χ0) is 12.3. The third-order valence-electron chi connectivity index (χ3n) is 3.40. The van der Waals surface area contributed by atoms with Crippen molar-refractivity contribution in [2.24, 2.45) is 0 Å². The number of thioether (sulfide) groups is 1. The minimum absolute atomic E-state index is 0.581. The Morgan fingerprint density at radius 3 is 3.06 bits per heavy atom. The first-order valence-electron chi connectivity index (χ1n) is 6.57. The van der Waals surface area contributed by atoms with Crippen LogP contribution in [0.1, 0.15) is 45.2 Å². The Balaban J connectivity index is 2.26. The summed E-state index contributed by atoms with van der Waals surface area (Å²) in [4.78, 5) is 7.15. The largest absolute Gasteiger partial charge is 0.294 e.